The van der Waals surface area contributed by atoms with Gasteiger partial charge in [0.15, 0.2) is 0 Å². The zero-order valence-corrected chi connectivity index (χ0v) is 36.7. The van der Waals surface area contributed by atoms with Gasteiger partial charge in [0.2, 0.25) is 0 Å². The summed E-state index contributed by atoms with van der Waals surface area (Å²) < 4.78 is 9.08. The van der Waals surface area contributed by atoms with Crippen molar-refractivity contribution in [3.63, 3.8) is 0 Å². The molecule has 0 amide bonds. The maximum Gasteiger partial charge on any atom is 0.135 e. The number of benzene rings is 6. The molecule has 65 heavy (non-hydrogen) atoms. The second-order valence-electron chi connectivity index (χ2n) is 16.8. The van der Waals surface area contributed by atoms with Crippen LogP contribution in [0.15, 0.2) is 217 Å². The summed E-state index contributed by atoms with van der Waals surface area (Å²) in [6.45, 7) is 2.30. The van der Waals surface area contributed by atoms with E-state index < -0.39 is 0 Å². The van der Waals surface area contributed by atoms with E-state index in [2.05, 4.69) is 199 Å². The lowest BCUT2D eigenvalue weighted by atomic mass is 9.93. The first-order valence-corrected chi connectivity index (χ1v) is 23.1. The van der Waals surface area contributed by atoms with Crippen LogP contribution in [-0.4, -0.2) is 16.0 Å². The fourth-order valence-corrected chi connectivity index (χ4v) is 10.7. The SMILES string of the molecule is CC1/C=C\C(c2ccc3sc4ccc(-c5ccccc5-c5ccccn5)cc4c3c2)=C/Cc2ccccc2N1c1ccc2oc3ccc(C4=CCC=CC=C4c4ccccn4)cc3c2c1. The Kier molecular flexibility index (Phi) is 9.76. The minimum atomic E-state index is 0.0472. The number of thiophene rings is 1. The molecule has 4 aromatic heterocycles. The Morgan fingerprint density at radius 1 is 0.585 bits per heavy atom. The summed E-state index contributed by atoms with van der Waals surface area (Å²) in [7, 11) is 0. The van der Waals surface area contributed by atoms with E-state index in [4.69, 9.17) is 9.40 Å². The van der Waals surface area contributed by atoms with E-state index >= 15 is 0 Å². The highest BCUT2D eigenvalue weighted by molar-refractivity contribution is 7.25. The molecule has 0 radical (unpaired) electrons. The summed E-state index contributed by atoms with van der Waals surface area (Å²) in [5.74, 6) is 0. The Hall–Kier alpha value is -7.86. The van der Waals surface area contributed by atoms with Gasteiger partial charge in [-0.15, -0.1) is 11.3 Å². The normalized spacial score (nSPS) is 16.6. The zero-order valence-electron chi connectivity index (χ0n) is 35.9. The number of fused-ring (bicyclic) bond motifs is 7. The van der Waals surface area contributed by atoms with Gasteiger partial charge in [0.25, 0.3) is 0 Å². The van der Waals surface area contributed by atoms with Crippen molar-refractivity contribution in [2.45, 2.75) is 25.8 Å². The summed E-state index contributed by atoms with van der Waals surface area (Å²) in [5, 5.41) is 4.76. The van der Waals surface area contributed by atoms with Crippen molar-refractivity contribution < 1.29 is 4.42 Å². The van der Waals surface area contributed by atoms with Gasteiger partial charge in [-0.2, -0.15) is 0 Å². The van der Waals surface area contributed by atoms with Gasteiger partial charge in [-0.25, -0.2) is 0 Å². The molecule has 310 valence electrons. The minimum Gasteiger partial charge on any atom is -0.456 e. The second-order valence-corrected chi connectivity index (χ2v) is 17.9. The molecule has 12 rings (SSSR count). The molecule has 0 saturated carbocycles. The van der Waals surface area contributed by atoms with Gasteiger partial charge in [-0.05, 0) is 144 Å². The first kappa shape index (κ1) is 38.8. The summed E-state index contributed by atoms with van der Waals surface area (Å²) in [6, 6.07) is 56.8. The van der Waals surface area contributed by atoms with E-state index in [1.165, 1.54) is 59.3 Å². The summed E-state index contributed by atoms with van der Waals surface area (Å²) in [5.41, 5.74) is 16.7. The number of hydrogen-bond acceptors (Lipinski definition) is 5. The van der Waals surface area contributed by atoms with E-state index in [1.54, 1.807) is 0 Å². The molecule has 0 N–H and O–H groups in total. The molecule has 5 heterocycles. The molecule has 1 aliphatic carbocycles. The van der Waals surface area contributed by atoms with E-state index in [0.717, 1.165) is 68.6 Å². The average Bonchev–Trinajstić information content (AvgIpc) is 3.83. The van der Waals surface area contributed by atoms with Gasteiger partial charge in [0.1, 0.15) is 11.2 Å². The number of pyridine rings is 2. The van der Waals surface area contributed by atoms with Crippen LogP contribution in [0.5, 0.6) is 0 Å². The number of anilines is 2. The molecule has 0 fully saturated rings. The van der Waals surface area contributed by atoms with Crippen molar-refractivity contribution in [3.8, 4) is 22.4 Å². The third-order valence-corrected chi connectivity index (χ3v) is 14.0. The number of rotatable bonds is 6. The number of furan rings is 1. The van der Waals surface area contributed by atoms with Gasteiger partial charge < -0.3 is 9.32 Å². The van der Waals surface area contributed by atoms with Crippen LogP contribution in [0.1, 0.15) is 35.7 Å². The summed E-state index contributed by atoms with van der Waals surface area (Å²) in [6.07, 6.45) is 21.3. The van der Waals surface area contributed by atoms with Crippen molar-refractivity contribution in [3.05, 3.63) is 235 Å². The van der Waals surface area contributed by atoms with Crippen molar-refractivity contribution in [1.82, 2.24) is 9.97 Å². The third-order valence-electron chi connectivity index (χ3n) is 12.9. The van der Waals surface area contributed by atoms with Gasteiger partial charge in [-0.3, -0.25) is 9.97 Å². The van der Waals surface area contributed by atoms with Crippen LogP contribution in [0.4, 0.5) is 11.4 Å². The third kappa shape index (κ3) is 7.11. The first-order chi connectivity index (χ1) is 32.1. The maximum absolute atomic E-state index is 6.50. The molecule has 0 spiro atoms. The quantitative estimate of drug-likeness (QED) is 0.167. The Morgan fingerprint density at radius 2 is 1.26 bits per heavy atom. The first-order valence-electron chi connectivity index (χ1n) is 22.3. The molecular weight excluding hydrogens is 811 g/mol. The lowest BCUT2D eigenvalue weighted by molar-refractivity contribution is 0.669. The lowest BCUT2D eigenvalue weighted by Crippen LogP contribution is -2.27. The van der Waals surface area contributed by atoms with Crippen molar-refractivity contribution in [2.24, 2.45) is 0 Å². The van der Waals surface area contributed by atoms with Crippen LogP contribution >= 0.6 is 11.3 Å². The van der Waals surface area contributed by atoms with Crippen molar-refractivity contribution >= 4 is 81.5 Å². The van der Waals surface area contributed by atoms with Crippen LogP contribution in [0, 0.1) is 0 Å². The highest BCUT2D eigenvalue weighted by Crippen LogP contribution is 2.43. The minimum absolute atomic E-state index is 0.0472. The van der Waals surface area contributed by atoms with Gasteiger partial charge >= 0.3 is 0 Å². The molecule has 1 unspecified atom stereocenters. The smallest absolute Gasteiger partial charge is 0.135 e. The summed E-state index contributed by atoms with van der Waals surface area (Å²) in [4.78, 5) is 11.9. The molecule has 0 saturated heterocycles. The van der Waals surface area contributed by atoms with E-state index in [1.807, 2.05) is 41.9 Å². The van der Waals surface area contributed by atoms with Crippen molar-refractivity contribution in [2.75, 3.05) is 4.90 Å². The topological polar surface area (TPSA) is 42.2 Å². The highest BCUT2D eigenvalue weighted by atomic mass is 32.1. The standard InChI is InChI=1S/C60H43N3OS/c1-39-21-22-40(42-26-31-59-52(35-42)53-37-44(27-32-60(53)65-59)47-15-6-7-17-49(47)55-19-10-12-34-62-55)23-24-41-13-5-8-20-56(41)63(39)45-28-30-58-51(38-45)50-36-43(25-29-57(50)64-58)46-14-3-2-4-16-48(46)54-18-9-11-33-61-54/h2,4-23,25-39H,3,24H2,1H3/b22-21-,40-23+. The fraction of sp³-hybridized carbons (Fsp3) is 0.0667. The van der Waals surface area contributed by atoms with Crippen LogP contribution < -0.4 is 4.90 Å². The van der Waals surface area contributed by atoms with Crippen LogP contribution in [0.25, 0.3) is 81.2 Å². The highest BCUT2D eigenvalue weighted by Gasteiger charge is 2.22. The van der Waals surface area contributed by atoms with E-state index in [9.17, 15) is 0 Å². The molecule has 6 aromatic carbocycles. The van der Waals surface area contributed by atoms with Crippen LogP contribution in [-0.2, 0) is 6.42 Å². The second kappa shape index (κ2) is 16.4. The van der Waals surface area contributed by atoms with E-state index in [0.29, 0.717) is 0 Å². The lowest BCUT2D eigenvalue weighted by Gasteiger charge is -2.31. The van der Waals surface area contributed by atoms with Gasteiger partial charge in [0.05, 0.1) is 11.4 Å². The number of allylic oxidation sites excluding steroid dienone is 9. The molecule has 0 bridgehead atoms. The molecule has 2 aliphatic rings. The Labute approximate surface area is 382 Å². The molecule has 4 nitrogen and oxygen atoms in total. The zero-order chi connectivity index (χ0) is 43.3. The largest absolute Gasteiger partial charge is 0.456 e. The number of hydrogen-bond donors (Lipinski definition) is 0. The molecule has 1 atom stereocenters. The maximum atomic E-state index is 6.50. The molecule has 1 aliphatic heterocycles. The van der Waals surface area contributed by atoms with Crippen molar-refractivity contribution in [1.29, 1.82) is 0 Å². The molecule has 5 heteroatoms. The summed E-state index contributed by atoms with van der Waals surface area (Å²) >= 11 is 1.86. The Balaban J connectivity index is 0.906. The Morgan fingerprint density at radius 3 is 2.08 bits per heavy atom. The van der Waals surface area contributed by atoms with Gasteiger partial charge in [-0.1, -0.05) is 115 Å². The number of para-hydroxylation sites is 1. The van der Waals surface area contributed by atoms with Crippen LogP contribution in [0.2, 0.25) is 0 Å². The predicted octanol–water partition coefficient (Wildman–Crippen LogP) is 16.2. The van der Waals surface area contributed by atoms with Crippen LogP contribution in [0.3, 0.4) is 0 Å². The number of nitrogens with zero attached hydrogens (tertiary/aromatic N) is 3. The Bertz CT molecular complexity index is 3620. The average molecular weight is 854 g/mol. The molecular formula is C60H43N3OS. The predicted molar refractivity (Wildman–Crippen MR) is 275 cm³/mol. The van der Waals surface area contributed by atoms with Gasteiger partial charge in [0, 0.05) is 71.9 Å². The fourth-order valence-electron chi connectivity index (χ4n) is 9.68. The number of aromatic nitrogens is 2. The monoisotopic (exact) mass is 853 g/mol. The van der Waals surface area contributed by atoms with E-state index in [-0.39, 0.29) is 6.04 Å². The molecule has 10 aromatic rings.